The lowest BCUT2D eigenvalue weighted by molar-refractivity contribution is -0.226. The molecule has 0 aromatic rings. The molecule has 4 N–H and O–H groups in total. The summed E-state index contributed by atoms with van der Waals surface area (Å²) in [4.78, 5) is 0. The van der Waals surface area contributed by atoms with Crippen molar-refractivity contribution >= 4 is 0 Å². The van der Waals surface area contributed by atoms with Crippen molar-refractivity contribution in [3.63, 3.8) is 0 Å². The molecule has 8 atom stereocenters. The van der Waals surface area contributed by atoms with Gasteiger partial charge in [0.25, 0.3) is 0 Å². The Hall–Kier alpha value is -0.160. The molecule has 4 aliphatic carbocycles. The molecule has 0 aromatic heterocycles. The van der Waals surface area contributed by atoms with E-state index < -0.39 is 11.7 Å². The molecule has 0 radical (unpaired) electrons. The van der Waals surface area contributed by atoms with Crippen molar-refractivity contribution in [3.8, 4) is 0 Å². The Morgan fingerprint density at radius 1 is 0.913 bits per heavy atom. The lowest BCUT2D eigenvalue weighted by Crippen LogP contribution is -2.64. The van der Waals surface area contributed by atoms with E-state index in [1.807, 2.05) is 0 Å². The van der Waals surface area contributed by atoms with Crippen molar-refractivity contribution in [2.45, 2.75) is 82.5 Å². The number of aliphatic hydroxyl groups is 4. The summed E-state index contributed by atoms with van der Waals surface area (Å²) in [6.45, 7) is 2.25. The van der Waals surface area contributed by atoms with Crippen molar-refractivity contribution in [1.82, 2.24) is 0 Å². The summed E-state index contributed by atoms with van der Waals surface area (Å²) in [5.41, 5.74) is -1.28. The average molecular weight is 324 g/mol. The third-order valence-electron chi connectivity index (χ3n) is 8.77. The molecule has 4 fully saturated rings. The highest BCUT2D eigenvalue weighted by Crippen LogP contribution is 2.67. The maximum absolute atomic E-state index is 11.6. The van der Waals surface area contributed by atoms with Crippen LogP contribution in [-0.2, 0) is 0 Å². The van der Waals surface area contributed by atoms with E-state index in [4.69, 9.17) is 0 Å². The molecule has 0 aromatic carbocycles. The van der Waals surface area contributed by atoms with Crippen LogP contribution in [0.2, 0.25) is 0 Å². The van der Waals surface area contributed by atoms with Crippen LogP contribution < -0.4 is 0 Å². The summed E-state index contributed by atoms with van der Waals surface area (Å²) in [6, 6.07) is 0. The molecule has 0 bridgehead atoms. The molecule has 3 unspecified atom stereocenters. The maximum atomic E-state index is 11.6. The van der Waals surface area contributed by atoms with Crippen LogP contribution in [0.3, 0.4) is 0 Å². The van der Waals surface area contributed by atoms with Crippen LogP contribution in [0.25, 0.3) is 0 Å². The van der Waals surface area contributed by atoms with Crippen molar-refractivity contribution in [3.05, 3.63) is 0 Å². The molecular formula is C19H32O4. The quantitative estimate of drug-likeness (QED) is 0.593. The summed E-state index contributed by atoms with van der Waals surface area (Å²) >= 11 is 0. The van der Waals surface area contributed by atoms with E-state index in [2.05, 4.69) is 6.92 Å². The van der Waals surface area contributed by atoms with E-state index in [1.165, 1.54) is 0 Å². The van der Waals surface area contributed by atoms with E-state index in [0.717, 1.165) is 44.9 Å². The maximum Gasteiger partial charge on any atom is 0.0757 e. The topological polar surface area (TPSA) is 80.9 Å². The van der Waals surface area contributed by atoms with Gasteiger partial charge in [0.1, 0.15) is 0 Å². The predicted molar refractivity (Wildman–Crippen MR) is 86.6 cm³/mol. The smallest absolute Gasteiger partial charge is 0.0757 e. The van der Waals surface area contributed by atoms with Crippen LogP contribution in [-0.4, -0.2) is 44.8 Å². The van der Waals surface area contributed by atoms with E-state index in [-0.39, 0.29) is 29.5 Å². The lowest BCUT2D eigenvalue weighted by Gasteiger charge is -2.63. The third kappa shape index (κ3) is 1.92. The molecule has 23 heavy (non-hydrogen) atoms. The second-order valence-corrected chi connectivity index (χ2v) is 9.24. The molecule has 0 saturated heterocycles. The lowest BCUT2D eigenvalue weighted by atomic mass is 9.43. The van der Waals surface area contributed by atoms with Gasteiger partial charge in [-0.05, 0) is 81.0 Å². The Labute approximate surface area is 138 Å². The molecule has 4 saturated carbocycles. The molecule has 0 heterocycles. The summed E-state index contributed by atoms with van der Waals surface area (Å²) in [6.07, 6.45) is 7.05. The Kier molecular flexibility index (Phi) is 3.67. The van der Waals surface area contributed by atoms with Crippen LogP contribution >= 0.6 is 0 Å². The second-order valence-electron chi connectivity index (χ2n) is 9.24. The second kappa shape index (κ2) is 5.17. The van der Waals surface area contributed by atoms with Crippen molar-refractivity contribution in [1.29, 1.82) is 0 Å². The molecule has 0 amide bonds. The van der Waals surface area contributed by atoms with Crippen LogP contribution in [0.1, 0.15) is 64.7 Å². The molecule has 0 spiro atoms. The number of rotatable bonds is 1. The van der Waals surface area contributed by atoms with Crippen molar-refractivity contribution in [2.75, 3.05) is 6.61 Å². The first-order valence-electron chi connectivity index (χ1n) is 9.57. The van der Waals surface area contributed by atoms with Crippen LogP contribution in [0, 0.1) is 28.6 Å². The van der Waals surface area contributed by atoms with E-state index in [1.54, 1.807) is 0 Å². The average Bonchev–Trinajstić information content (AvgIpc) is 2.78. The minimum Gasteiger partial charge on any atom is -0.396 e. The fourth-order valence-electron chi connectivity index (χ4n) is 7.28. The highest BCUT2D eigenvalue weighted by Gasteiger charge is 2.67. The van der Waals surface area contributed by atoms with Crippen LogP contribution in [0.4, 0.5) is 0 Å². The fraction of sp³-hybridized carbons (Fsp3) is 1.00. The molecule has 132 valence electrons. The first kappa shape index (κ1) is 16.3. The van der Waals surface area contributed by atoms with Gasteiger partial charge in [0.2, 0.25) is 0 Å². The van der Waals surface area contributed by atoms with E-state index in [0.29, 0.717) is 24.7 Å². The molecule has 4 heteroatoms. The molecule has 4 rings (SSSR count). The molecular weight excluding hydrogens is 292 g/mol. The Morgan fingerprint density at radius 2 is 1.70 bits per heavy atom. The van der Waals surface area contributed by atoms with Gasteiger partial charge >= 0.3 is 0 Å². The summed E-state index contributed by atoms with van der Waals surface area (Å²) < 4.78 is 0. The minimum atomic E-state index is -0.779. The zero-order valence-electron chi connectivity index (χ0n) is 14.2. The predicted octanol–water partition coefficient (Wildman–Crippen LogP) is 1.84. The fourth-order valence-corrected chi connectivity index (χ4v) is 7.28. The highest BCUT2D eigenvalue weighted by molar-refractivity contribution is 5.17. The molecule has 0 aliphatic heterocycles. The van der Waals surface area contributed by atoms with Gasteiger partial charge in [0, 0.05) is 12.0 Å². The summed E-state index contributed by atoms with van der Waals surface area (Å²) in [5.74, 6) is 0.913. The number of hydrogen-bond donors (Lipinski definition) is 4. The SMILES string of the molecule is C[C@]12CC[C@@H]3[C@@H](CCC4CC(O)CC[C@@]43CO)[C@]1(O)CCC2O. The van der Waals surface area contributed by atoms with Crippen molar-refractivity contribution in [2.24, 2.45) is 28.6 Å². The first-order chi connectivity index (χ1) is 10.9. The Bertz CT molecular complexity index is 482. The Balaban J connectivity index is 1.70. The summed E-state index contributed by atoms with van der Waals surface area (Å²) in [7, 11) is 0. The van der Waals surface area contributed by atoms with Gasteiger partial charge < -0.3 is 20.4 Å². The summed E-state index contributed by atoms with van der Waals surface area (Å²) in [5, 5.41) is 42.5. The normalized spacial score (nSPS) is 59.1. The van der Waals surface area contributed by atoms with Gasteiger partial charge in [-0.1, -0.05) is 6.92 Å². The Morgan fingerprint density at radius 3 is 2.43 bits per heavy atom. The van der Waals surface area contributed by atoms with E-state index >= 15 is 0 Å². The molecule has 4 aliphatic rings. The zero-order valence-corrected chi connectivity index (χ0v) is 14.2. The largest absolute Gasteiger partial charge is 0.396 e. The van der Waals surface area contributed by atoms with Crippen molar-refractivity contribution < 1.29 is 20.4 Å². The van der Waals surface area contributed by atoms with Crippen LogP contribution in [0.15, 0.2) is 0 Å². The monoisotopic (exact) mass is 324 g/mol. The van der Waals surface area contributed by atoms with Gasteiger partial charge in [0.05, 0.1) is 17.8 Å². The van der Waals surface area contributed by atoms with Crippen LogP contribution in [0.5, 0.6) is 0 Å². The number of aliphatic hydroxyl groups excluding tert-OH is 3. The van der Waals surface area contributed by atoms with Gasteiger partial charge in [-0.2, -0.15) is 0 Å². The van der Waals surface area contributed by atoms with Gasteiger partial charge in [-0.3, -0.25) is 0 Å². The van der Waals surface area contributed by atoms with E-state index in [9.17, 15) is 20.4 Å². The van der Waals surface area contributed by atoms with Gasteiger partial charge in [0.15, 0.2) is 0 Å². The zero-order chi connectivity index (χ0) is 16.5. The minimum absolute atomic E-state index is 0.118. The molecule has 4 nitrogen and oxygen atoms in total. The first-order valence-corrected chi connectivity index (χ1v) is 9.57. The number of hydrogen-bond acceptors (Lipinski definition) is 4. The highest BCUT2D eigenvalue weighted by atomic mass is 16.3. The van der Waals surface area contributed by atoms with Gasteiger partial charge in [-0.25, -0.2) is 0 Å². The van der Waals surface area contributed by atoms with Gasteiger partial charge in [-0.15, -0.1) is 0 Å². The third-order valence-corrected chi connectivity index (χ3v) is 8.77. The number of fused-ring (bicyclic) bond motifs is 5. The standard InChI is InChI=1S/C19H32O4/c1-17-7-5-14-15(19(17,23)9-6-16(17)22)3-2-12-10-13(21)4-8-18(12,14)11-20/h12-16,20-23H,2-11H2,1H3/t12?,13?,14-,15-,16?,17-,18-,19-/m1/s1.